The van der Waals surface area contributed by atoms with Gasteiger partial charge in [0, 0.05) is 25.0 Å². The molecule has 0 saturated carbocycles. The molecule has 0 aliphatic carbocycles. The van der Waals surface area contributed by atoms with Crippen LogP contribution in [0.15, 0.2) is 0 Å². The first-order valence-electron chi connectivity index (χ1n) is 4.44. The normalized spacial score (nSPS) is 34.7. The van der Waals surface area contributed by atoms with E-state index in [-0.39, 0.29) is 0 Å². The van der Waals surface area contributed by atoms with Gasteiger partial charge in [0.2, 0.25) is 0 Å². The maximum atomic E-state index is 10.7. The number of amides is 1. The van der Waals surface area contributed by atoms with E-state index in [1.807, 2.05) is 7.05 Å². The third-order valence-electron chi connectivity index (χ3n) is 2.87. The second-order valence-corrected chi connectivity index (χ2v) is 3.77. The van der Waals surface area contributed by atoms with Crippen LogP contribution in [0.4, 0.5) is 4.79 Å². The highest BCUT2D eigenvalue weighted by molar-refractivity contribution is 5.65. The average molecular weight is 186 g/mol. The number of nitrogens with zero attached hydrogens (tertiary/aromatic N) is 2. The van der Waals surface area contributed by atoms with Gasteiger partial charge in [0.15, 0.2) is 0 Å². The Bertz CT molecular complexity index is 221. The molecule has 0 aromatic heterocycles. The van der Waals surface area contributed by atoms with Crippen molar-refractivity contribution in [3.63, 3.8) is 0 Å². The number of rotatable bonds is 0. The minimum atomic E-state index is -0.817. The Morgan fingerprint density at radius 1 is 1.54 bits per heavy atom. The molecule has 74 valence electrons. The van der Waals surface area contributed by atoms with Crippen molar-refractivity contribution in [3.05, 3.63) is 0 Å². The molecule has 2 aliphatic rings. The number of fused-ring (bicyclic) bond motifs is 1. The fourth-order valence-electron chi connectivity index (χ4n) is 2.12. The maximum absolute atomic E-state index is 10.7. The average Bonchev–Trinajstić information content (AvgIpc) is 2.49. The van der Waals surface area contributed by atoms with Gasteiger partial charge in [0.05, 0.1) is 13.3 Å². The van der Waals surface area contributed by atoms with Crippen molar-refractivity contribution in [1.82, 2.24) is 9.80 Å². The fraction of sp³-hybridized carbons (Fsp3) is 0.875. The van der Waals surface area contributed by atoms with E-state index in [0.717, 1.165) is 0 Å². The monoisotopic (exact) mass is 186 g/mol. The van der Waals surface area contributed by atoms with Crippen molar-refractivity contribution in [2.75, 3.05) is 33.5 Å². The molecule has 13 heavy (non-hydrogen) atoms. The van der Waals surface area contributed by atoms with Crippen LogP contribution < -0.4 is 0 Å². The van der Waals surface area contributed by atoms with Crippen LogP contribution in [0, 0.1) is 5.92 Å². The molecule has 0 aromatic carbocycles. The Morgan fingerprint density at radius 3 is 2.92 bits per heavy atom. The van der Waals surface area contributed by atoms with Crippen molar-refractivity contribution >= 4 is 6.09 Å². The first-order valence-corrected chi connectivity index (χ1v) is 4.44. The lowest BCUT2D eigenvalue weighted by Crippen LogP contribution is -2.45. The zero-order chi connectivity index (χ0) is 9.42. The molecule has 0 bridgehead atoms. The molecule has 1 amide bonds. The number of ether oxygens (including phenoxy) is 1. The molecule has 0 spiro atoms. The minimum Gasteiger partial charge on any atom is -0.465 e. The molecule has 2 atom stereocenters. The van der Waals surface area contributed by atoms with Crippen LogP contribution in [0.5, 0.6) is 0 Å². The van der Waals surface area contributed by atoms with Gasteiger partial charge in [-0.2, -0.15) is 0 Å². The van der Waals surface area contributed by atoms with E-state index in [2.05, 4.69) is 4.90 Å². The van der Waals surface area contributed by atoms with Crippen LogP contribution in [-0.2, 0) is 4.74 Å². The van der Waals surface area contributed by atoms with Crippen molar-refractivity contribution in [3.8, 4) is 0 Å². The number of carbonyl (C=O) groups is 1. The van der Waals surface area contributed by atoms with E-state index in [9.17, 15) is 4.79 Å². The van der Waals surface area contributed by atoms with E-state index < -0.39 is 6.09 Å². The summed E-state index contributed by atoms with van der Waals surface area (Å²) in [6.07, 6.45) is -0.817. The number of carboxylic acid groups (broad SMARTS) is 1. The number of hydrogen-bond acceptors (Lipinski definition) is 3. The van der Waals surface area contributed by atoms with Crippen molar-refractivity contribution < 1.29 is 14.6 Å². The highest BCUT2D eigenvalue weighted by Gasteiger charge is 2.39. The molecule has 2 aliphatic heterocycles. The maximum Gasteiger partial charge on any atom is 0.407 e. The summed E-state index contributed by atoms with van der Waals surface area (Å²) in [5.74, 6) is 0.356. The SMILES string of the molecule is CN1COCC2CN(C(=O)O)CC21. The summed E-state index contributed by atoms with van der Waals surface area (Å²) in [4.78, 5) is 14.3. The lowest BCUT2D eigenvalue weighted by molar-refractivity contribution is -0.0532. The lowest BCUT2D eigenvalue weighted by Gasteiger charge is -2.33. The summed E-state index contributed by atoms with van der Waals surface area (Å²) in [7, 11) is 1.97. The number of likely N-dealkylation sites (N-methyl/N-ethyl adjacent to an activating group) is 1. The van der Waals surface area contributed by atoms with E-state index >= 15 is 0 Å². The third-order valence-corrected chi connectivity index (χ3v) is 2.87. The molecule has 0 aromatic rings. The minimum absolute atomic E-state index is 0.352. The molecule has 2 heterocycles. The van der Waals surface area contributed by atoms with Crippen LogP contribution in [-0.4, -0.2) is 60.5 Å². The quantitative estimate of drug-likeness (QED) is 0.573. The Balaban J connectivity index is 2.04. The van der Waals surface area contributed by atoms with Crippen LogP contribution in [0.1, 0.15) is 0 Å². The van der Waals surface area contributed by atoms with Gasteiger partial charge in [-0.05, 0) is 7.05 Å². The molecule has 5 nitrogen and oxygen atoms in total. The summed E-state index contributed by atoms with van der Waals surface area (Å²) in [5, 5.41) is 8.81. The summed E-state index contributed by atoms with van der Waals surface area (Å²) >= 11 is 0. The van der Waals surface area contributed by atoms with Gasteiger partial charge in [-0.25, -0.2) is 4.79 Å². The Labute approximate surface area is 76.9 Å². The second kappa shape index (κ2) is 3.16. The molecule has 2 unspecified atom stereocenters. The van der Waals surface area contributed by atoms with Gasteiger partial charge in [0.1, 0.15) is 0 Å². The van der Waals surface area contributed by atoms with Gasteiger partial charge >= 0.3 is 6.09 Å². The predicted molar refractivity (Wildman–Crippen MR) is 45.5 cm³/mol. The molecular weight excluding hydrogens is 172 g/mol. The Hall–Kier alpha value is -0.810. The Morgan fingerprint density at radius 2 is 2.31 bits per heavy atom. The van der Waals surface area contributed by atoms with Crippen molar-refractivity contribution in [2.24, 2.45) is 5.92 Å². The van der Waals surface area contributed by atoms with Crippen LogP contribution in [0.3, 0.4) is 0 Å². The molecular formula is C8H14N2O3. The number of hydrogen-bond donors (Lipinski definition) is 1. The number of likely N-dealkylation sites (tertiary alicyclic amines) is 1. The molecule has 0 radical (unpaired) electrons. The van der Waals surface area contributed by atoms with Gasteiger partial charge in [-0.1, -0.05) is 0 Å². The highest BCUT2D eigenvalue weighted by atomic mass is 16.5. The van der Waals surface area contributed by atoms with Gasteiger partial charge in [0.25, 0.3) is 0 Å². The van der Waals surface area contributed by atoms with E-state index in [1.165, 1.54) is 4.90 Å². The molecule has 2 fully saturated rings. The van der Waals surface area contributed by atoms with E-state index in [1.54, 1.807) is 0 Å². The summed E-state index contributed by atoms with van der Waals surface area (Å²) in [6, 6.07) is 0.352. The standard InChI is InChI=1S/C8H14N2O3/c1-9-5-13-4-6-2-10(8(11)12)3-7(6)9/h6-7H,2-5H2,1H3,(H,11,12). The van der Waals surface area contributed by atoms with Gasteiger partial charge in [-0.15, -0.1) is 0 Å². The topological polar surface area (TPSA) is 53.0 Å². The van der Waals surface area contributed by atoms with E-state index in [4.69, 9.17) is 9.84 Å². The van der Waals surface area contributed by atoms with Crippen LogP contribution >= 0.6 is 0 Å². The molecule has 2 saturated heterocycles. The summed E-state index contributed by atoms with van der Waals surface area (Å²) < 4.78 is 5.33. The van der Waals surface area contributed by atoms with Crippen LogP contribution in [0.25, 0.3) is 0 Å². The first kappa shape index (κ1) is 8.77. The summed E-state index contributed by atoms with van der Waals surface area (Å²) in [5.41, 5.74) is 0. The fourth-order valence-corrected chi connectivity index (χ4v) is 2.12. The third kappa shape index (κ3) is 1.49. The van der Waals surface area contributed by atoms with Crippen LogP contribution in [0.2, 0.25) is 0 Å². The van der Waals surface area contributed by atoms with Gasteiger partial charge in [-0.3, -0.25) is 4.90 Å². The first-order chi connectivity index (χ1) is 6.18. The highest BCUT2D eigenvalue weighted by Crippen LogP contribution is 2.24. The zero-order valence-electron chi connectivity index (χ0n) is 7.64. The molecule has 1 N–H and O–H groups in total. The zero-order valence-corrected chi connectivity index (χ0v) is 7.64. The smallest absolute Gasteiger partial charge is 0.407 e. The van der Waals surface area contributed by atoms with E-state index in [0.29, 0.717) is 38.4 Å². The lowest BCUT2D eigenvalue weighted by atomic mass is 10.0. The molecule has 2 rings (SSSR count). The van der Waals surface area contributed by atoms with Crippen molar-refractivity contribution in [1.29, 1.82) is 0 Å². The van der Waals surface area contributed by atoms with Crippen molar-refractivity contribution in [2.45, 2.75) is 6.04 Å². The largest absolute Gasteiger partial charge is 0.465 e. The molecule has 5 heteroatoms. The Kier molecular flexibility index (Phi) is 2.13. The predicted octanol–water partition coefficient (Wildman–Crippen LogP) is -0.116. The summed E-state index contributed by atoms with van der Waals surface area (Å²) in [6.45, 7) is 2.55. The second-order valence-electron chi connectivity index (χ2n) is 3.77. The van der Waals surface area contributed by atoms with Gasteiger partial charge < -0.3 is 14.7 Å².